The van der Waals surface area contributed by atoms with Gasteiger partial charge in [0.25, 0.3) is 0 Å². The maximum absolute atomic E-state index is 12.6. The summed E-state index contributed by atoms with van der Waals surface area (Å²) in [6, 6.07) is 17.5. The second kappa shape index (κ2) is 7.16. The monoisotopic (exact) mass is 329 g/mol. The van der Waals surface area contributed by atoms with Crippen LogP contribution >= 0.6 is 11.6 Å². The Kier molecular flexibility index (Phi) is 4.99. The average Bonchev–Trinajstić information content (AvgIpc) is 2.57. The molecule has 1 saturated heterocycles. The van der Waals surface area contributed by atoms with Gasteiger partial charge in [0.05, 0.1) is 19.1 Å². The highest BCUT2D eigenvalue weighted by molar-refractivity contribution is 6.30. The second-order valence-corrected chi connectivity index (χ2v) is 6.38. The van der Waals surface area contributed by atoms with Crippen molar-refractivity contribution in [3.8, 4) is 0 Å². The number of ether oxygens (including phenoxy) is 1. The van der Waals surface area contributed by atoms with Crippen LogP contribution in [-0.2, 0) is 16.0 Å². The maximum Gasteiger partial charge on any atom is 0.227 e. The zero-order valence-electron chi connectivity index (χ0n) is 13.1. The van der Waals surface area contributed by atoms with Crippen molar-refractivity contribution in [3.05, 3.63) is 70.7 Å². The van der Waals surface area contributed by atoms with Crippen LogP contribution in [0.15, 0.2) is 54.6 Å². The van der Waals surface area contributed by atoms with Gasteiger partial charge in [-0.3, -0.25) is 4.79 Å². The van der Waals surface area contributed by atoms with E-state index in [0.29, 0.717) is 24.5 Å². The number of benzene rings is 2. The van der Waals surface area contributed by atoms with E-state index in [4.69, 9.17) is 16.3 Å². The van der Waals surface area contributed by atoms with E-state index in [1.165, 1.54) is 0 Å². The van der Waals surface area contributed by atoms with Gasteiger partial charge in [0, 0.05) is 11.6 Å². The van der Waals surface area contributed by atoms with Gasteiger partial charge in [-0.05, 0) is 30.2 Å². The fourth-order valence-corrected chi connectivity index (χ4v) is 3.02. The molecule has 0 saturated carbocycles. The first-order chi connectivity index (χ1) is 11.1. The number of nitrogens with zero attached hydrogens (tertiary/aromatic N) is 1. The topological polar surface area (TPSA) is 29.5 Å². The van der Waals surface area contributed by atoms with Crippen molar-refractivity contribution in [2.24, 2.45) is 0 Å². The average molecular weight is 330 g/mol. The smallest absolute Gasteiger partial charge is 0.227 e. The van der Waals surface area contributed by atoms with Gasteiger partial charge in [-0.2, -0.15) is 0 Å². The summed E-state index contributed by atoms with van der Waals surface area (Å²) in [4.78, 5) is 14.5. The second-order valence-electron chi connectivity index (χ2n) is 5.95. The Balaban J connectivity index is 1.69. The predicted molar refractivity (Wildman–Crippen MR) is 91.5 cm³/mol. The number of hydrogen-bond donors (Lipinski definition) is 0. The van der Waals surface area contributed by atoms with Gasteiger partial charge in [-0.1, -0.05) is 54.1 Å². The van der Waals surface area contributed by atoms with Crippen LogP contribution in [0.5, 0.6) is 0 Å². The number of rotatable bonds is 3. The molecule has 1 aliphatic rings. The van der Waals surface area contributed by atoms with Crippen LogP contribution in [-0.4, -0.2) is 30.0 Å². The molecule has 1 amide bonds. The third kappa shape index (κ3) is 4.12. The van der Waals surface area contributed by atoms with Crippen molar-refractivity contribution in [2.75, 3.05) is 13.1 Å². The van der Waals surface area contributed by atoms with Crippen molar-refractivity contribution in [1.29, 1.82) is 0 Å². The van der Waals surface area contributed by atoms with Crippen LogP contribution in [0.4, 0.5) is 0 Å². The number of carbonyl (C=O) groups is 1. The van der Waals surface area contributed by atoms with E-state index in [2.05, 4.69) is 0 Å². The van der Waals surface area contributed by atoms with Crippen molar-refractivity contribution in [2.45, 2.75) is 25.6 Å². The third-order valence-electron chi connectivity index (χ3n) is 4.05. The highest BCUT2D eigenvalue weighted by atomic mass is 35.5. The van der Waals surface area contributed by atoms with Crippen LogP contribution in [0.25, 0.3) is 0 Å². The lowest BCUT2D eigenvalue weighted by Gasteiger charge is -2.37. The van der Waals surface area contributed by atoms with Crippen molar-refractivity contribution in [1.82, 2.24) is 4.90 Å². The lowest BCUT2D eigenvalue weighted by Crippen LogP contribution is -2.46. The zero-order chi connectivity index (χ0) is 16.2. The molecule has 3 rings (SSSR count). The molecule has 2 aromatic rings. The Morgan fingerprint density at radius 1 is 1.13 bits per heavy atom. The lowest BCUT2D eigenvalue weighted by atomic mass is 10.1. The Bertz CT molecular complexity index is 657. The summed E-state index contributed by atoms with van der Waals surface area (Å²) in [5.41, 5.74) is 2.10. The van der Waals surface area contributed by atoms with E-state index in [1.54, 1.807) is 0 Å². The van der Waals surface area contributed by atoms with Gasteiger partial charge in [-0.15, -0.1) is 0 Å². The molecule has 3 nitrogen and oxygen atoms in total. The van der Waals surface area contributed by atoms with Gasteiger partial charge in [-0.25, -0.2) is 0 Å². The first-order valence-electron chi connectivity index (χ1n) is 7.84. The standard InChI is InChI=1S/C19H20ClNO2/c1-14-12-21(13-18(23-14)16-5-3-2-4-6-16)19(22)11-15-7-9-17(20)10-8-15/h2-10,14,18H,11-13H2,1H3. The summed E-state index contributed by atoms with van der Waals surface area (Å²) in [5, 5.41) is 0.685. The Morgan fingerprint density at radius 3 is 2.52 bits per heavy atom. The van der Waals surface area contributed by atoms with Gasteiger partial charge in [0.1, 0.15) is 6.10 Å². The van der Waals surface area contributed by atoms with E-state index in [9.17, 15) is 4.79 Å². The summed E-state index contributed by atoms with van der Waals surface area (Å²) in [6.45, 7) is 3.24. The van der Waals surface area contributed by atoms with E-state index < -0.39 is 0 Å². The van der Waals surface area contributed by atoms with Crippen LogP contribution in [0.1, 0.15) is 24.2 Å². The van der Waals surface area contributed by atoms with Gasteiger partial charge in [0.15, 0.2) is 0 Å². The minimum absolute atomic E-state index is 0.0307. The Morgan fingerprint density at radius 2 is 1.83 bits per heavy atom. The number of amides is 1. The molecule has 2 atom stereocenters. The van der Waals surface area contributed by atoms with Crippen LogP contribution in [0, 0.1) is 0 Å². The highest BCUT2D eigenvalue weighted by Crippen LogP contribution is 2.25. The molecule has 0 spiro atoms. The molecule has 0 aromatic heterocycles. The fraction of sp³-hybridized carbons (Fsp3) is 0.316. The molecular formula is C19H20ClNO2. The Labute approximate surface area is 141 Å². The molecule has 0 radical (unpaired) electrons. The largest absolute Gasteiger partial charge is 0.367 e. The SMILES string of the molecule is CC1CN(C(=O)Cc2ccc(Cl)cc2)CC(c2ccccc2)O1. The molecule has 0 N–H and O–H groups in total. The molecule has 1 heterocycles. The lowest BCUT2D eigenvalue weighted by molar-refractivity contribution is -0.144. The van der Waals surface area contributed by atoms with Crippen molar-refractivity contribution in [3.63, 3.8) is 0 Å². The molecule has 4 heteroatoms. The summed E-state index contributed by atoms with van der Waals surface area (Å²) in [5.74, 6) is 0.128. The number of morpholine rings is 1. The summed E-state index contributed by atoms with van der Waals surface area (Å²) >= 11 is 5.89. The molecule has 23 heavy (non-hydrogen) atoms. The van der Waals surface area contributed by atoms with Crippen molar-refractivity contribution < 1.29 is 9.53 Å². The summed E-state index contributed by atoms with van der Waals surface area (Å²) in [6.07, 6.45) is 0.364. The predicted octanol–water partition coefficient (Wildman–Crippen LogP) is 3.87. The highest BCUT2D eigenvalue weighted by Gasteiger charge is 2.29. The molecule has 0 aliphatic carbocycles. The quantitative estimate of drug-likeness (QED) is 0.855. The van der Waals surface area contributed by atoms with Gasteiger partial charge in [0.2, 0.25) is 5.91 Å². The minimum atomic E-state index is -0.0610. The maximum atomic E-state index is 12.6. The number of halogens is 1. The zero-order valence-corrected chi connectivity index (χ0v) is 13.9. The van der Waals surface area contributed by atoms with E-state index >= 15 is 0 Å². The van der Waals surface area contributed by atoms with E-state index in [-0.39, 0.29) is 18.1 Å². The van der Waals surface area contributed by atoms with Crippen LogP contribution in [0.2, 0.25) is 5.02 Å². The minimum Gasteiger partial charge on any atom is -0.367 e. The summed E-state index contributed by atoms with van der Waals surface area (Å²) < 4.78 is 6.01. The fourth-order valence-electron chi connectivity index (χ4n) is 2.90. The first kappa shape index (κ1) is 16.0. The van der Waals surface area contributed by atoms with Gasteiger partial charge < -0.3 is 9.64 Å². The molecular weight excluding hydrogens is 310 g/mol. The normalized spacial score (nSPS) is 21.2. The van der Waals surface area contributed by atoms with Gasteiger partial charge >= 0.3 is 0 Å². The molecule has 1 fully saturated rings. The number of carbonyl (C=O) groups excluding carboxylic acids is 1. The summed E-state index contributed by atoms with van der Waals surface area (Å²) in [7, 11) is 0. The van der Waals surface area contributed by atoms with E-state index in [0.717, 1.165) is 11.1 Å². The first-order valence-corrected chi connectivity index (χ1v) is 8.22. The van der Waals surface area contributed by atoms with Crippen LogP contribution in [0.3, 0.4) is 0 Å². The third-order valence-corrected chi connectivity index (χ3v) is 4.30. The number of hydrogen-bond acceptors (Lipinski definition) is 2. The molecule has 2 aromatic carbocycles. The molecule has 120 valence electrons. The van der Waals surface area contributed by atoms with Crippen molar-refractivity contribution >= 4 is 17.5 Å². The van der Waals surface area contributed by atoms with Crippen LogP contribution < -0.4 is 0 Å². The molecule has 2 unspecified atom stereocenters. The Hall–Kier alpha value is -1.84. The molecule has 1 aliphatic heterocycles. The molecule has 0 bridgehead atoms. The van der Waals surface area contributed by atoms with E-state index in [1.807, 2.05) is 66.4 Å².